The lowest BCUT2D eigenvalue weighted by Crippen LogP contribution is -2.11. The van der Waals surface area contributed by atoms with E-state index in [2.05, 4.69) is 34.2 Å². The van der Waals surface area contributed by atoms with Gasteiger partial charge in [-0.2, -0.15) is 10.5 Å². The lowest BCUT2D eigenvalue weighted by Gasteiger charge is -2.21. The Morgan fingerprint density at radius 1 is 0.738 bits per heavy atom. The van der Waals surface area contributed by atoms with Crippen molar-refractivity contribution >= 4 is 67.0 Å². The Morgan fingerprint density at radius 2 is 1.38 bits per heavy atom. The second kappa shape index (κ2) is 10.3. The number of aromatic nitrogens is 2. The van der Waals surface area contributed by atoms with Crippen LogP contribution in [0.4, 0.5) is 16.6 Å². The highest BCUT2D eigenvalue weighted by Crippen LogP contribution is 2.44. The fourth-order valence-electron chi connectivity index (χ4n) is 5.33. The molecule has 2 heterocycles. The second-order valence-electron chi connectivity index (χ2n) is 9.70. The standard InChI is InChI=1S/C35H19N5OS/c36-20-26(21-37)33-29-17-24-8-3-4-9-25(24)18-30(29)34(41)31(33)19-28-12-13-32(42-28)40(35-38-14-5-15-39-35)27-11-10-22-6-1-2-7-23(22)16-27/h1-19H/b31-19+. The maximum atomic E-state index is 13.8. The van der Waals surface area contributed by atoms with Gasteiger partial charge in [-0.1, -0.05) is 54.6 Å². The predicted octanol–water partition coefficient (Wildman–Crippen LogP) is 8.39. The molecule has 0 radical (unpaired) electrons. The molecule has 6 nitrogen and oxygen atoms in total. The number of nitrogens with zero attached hydrogens (tertiary/aromatic N) is 5. The molecule has 4 aromatic carbocycles. The van der Waals surface area contributed by atoms with E-state index in [1.807, 2.05) is 83.8 Å². The number of hydrogen-bond donors (Lipinski definition) is 0. The number of benzene rings is 4. The third-order valence-electron chi connectivity index (χ3n) is 7.25. The third-order valence-corrected chi connectivity index (χ3v) is 8.27. The van der Waals surface area contributed by atoms with Crippen LogP contribution in [0.3, 0.4) is 0 Å². The number of carbonyl (C=O) groups excluding carboxylic acids is 1. The predicted molar refractivity (Wildman–Crippen MR) is 166 cm³/mol. The zero-order valence-electron chi connectivity index (χ0n) is 22.0. The van der Waals surface area contributed by atoms with Crippen LogP contribution in [0.25, 0.3) is 33.2 Å². The zero-order valence-corrected chi connectivity index (χ0v) is 22.8. The molecule has 7 rings (SSSR count). The van der Waals surface area contributed by atoms with Gasteiger partial charge in [-0.25, -0.2) is 9.97 Å². The van der Waals surface area contributed by atoms with Crippen LogP contribution in [0.1, 0.15) is 20.8 Å². The van der Waals surface area contributed by atoms with Crippen molar-refractivity contribution in [3.63, 3.8) is 0 Å². The summed E-state index contributed by atoms with van der Waals surface area (Å²) in [6, 6.07) is 35.5. The third kappa shape index (κ3) is 4.22. The maximum Gasteiger partial charge on any atom is 0.235 e. The van der Waals surface area contributed by atoms with Crippen molar-refractivity contribution in [2.45, 2.75) is 0 Å². The van der Waals surface area contributed by atoms with Gasteiger partial charge in [0.05, 0.1) is 5.69 Å². The smallest absolute Gasteiger partial charge is 0.235 e. The van der Waals surface area contributed by atoms with Crippen molar-refractivity contribution in [1.29, 1.82) is 10.5 Å². The normalized spacial score (nSPS) is 13.2. The molecule has 1 aliphatic rings. The minimum absolute atomic E-state index is 0.0871. The van der Waals surface area contributed by atoms with Gasteiger partial charge < -0.3 is 0 Å². The number of nitriles is 2. The molecule has 0 bridgehead atoms. The molecule has 42 heavy (non-hydrogen) atoms. The van der Waals surface area contributed by atoms with Crippen molar-refractivity contribution in [2.75, 3.05) is 4.90 Å². The van der Waals surface area contributed by atoms with E-state index in [1.165, 1.54) is 11.3 Å². The van der Waals surface area contributed by atoms with Crippen LogP contribution >= 0.6 is 11.3 Å². The Kier molecular flexibility index (Phi) is 6.13. The van der Waals surface area contributed by atoms with Gasteiger partial charge in [0.25, 0.3) is 0 Å². The van der Waals surface area contributed by atoms with Crippen molar-refractivity contribution in [3.05, 3.63) is 137 Å². The molecule has 0 atom stereocenters. The lowest BCUT2D eigenvalue weighted by molar-refractivity contribution is 0.104. The Morgan fingerprint density at radius 3 is 2.07 bits per heavy atom. The average molecular weight is 558 g/mol. The number of hydrogen-bond acceptors (Lipinski definition) is 7. The largest absolute Gasteiger partial charge is 0.289 e. The van der Waals surface area contributed by atoms with Crippen LogP contribution in [0.2, 0.25) is 0 Å². The van der Waals surface area contributed by atoms with Crippen LogP contribution in [0.5, 0.6) is 0 Å². The first-order chi connectivity index (χ1) is 20.6. The van der Waals surface area contributed by atoms with Crippen molar-refractivity contribution < 1.29 is 4.79 Å². The monoisotopic (exact) mass is 557 g/mol. The number of anilines is 3. The Balaban J connectivity index is 1.36. The number of ketones is 1. The number of rotatable bonds is 4. The molecule has 0 N–H and O–H groups in total. The highest BCUT2D eigenvalue weighted by atomic mass is 32.1. The molecular weight excluding hydrogens is 538 g/mol. The SMILES string of the molecule is N#CC(C#N)=C1/C(=C\c2ccc(N(c3ccc4ccccc4c3)c3ncccn3)s2)C(=O)c2cc3ccccc3cc21. The fourth-order valence-corrected chi connectivity index (χ4v) is 6.30. The van der Waals surface area contributed by atoms with Gasteiger partial charge in [0.1, 0.15) is 22.7 Å². The molecule has 7 heteroatoms. The lowest BCUT2D eigenvalue weighted by atomic mass is 9.97. The van der Waals surface area contributed by atoms with E-state index in [9.17, 15) is 15.3 Å². The van der Waals surface area contributed by atoms with Gasteiger partial charge >= 0.3 is 0 Å². The molecule has 0 spiro atoms. The molecular formula is C35H19N5OS. The summed E-state index contributed by atoms with van der Waals surface area (Å²) in [6.07, 6.45) is 5.18. The van der Waals surface area contributed by atoms with Gasteiger partial charge in [-0.15, -0.1) is 11.3 Å². The van der Waals surface area contributed by atoms with Gasteiger partial charge in [-0.05, 0) is 75.6 Å². The second-order valence-corrected chi connectivity index (χ2v) is 10.8. The maximum absolute atomic E-state index is 13.8. The number of carbonyl (C=O) groups is 1. The molecule has 0 amide bonds. The Labute approximate surface area is 245 Å². The molecule has 196 valence electrons. The summed E-state index contributed by atoms with van der Waals surface area (Å²) in [6.45, 7) is 0. The highest BCUT2D eigenvalue weighted by molar-refractivity contribution is 7.17. The molecule has 0 saturated carbocycles. The van der Waals surface area contributed by atoms with E-state index in [-0.39, 0.29) is 11.4 Å². The van der Waals surface area contributed by atoms with Crippen LogP contribution in [-0.2, 0) is 0 Å². The number of allylic oxidation sites excluding steroid dienone is 3. The minimum atomic E-state index is -0.207. The first-order valence-corrected chi connectivity index (χ1v) is 14.0. The number of thiophene rings is 1. The van der Waals surface area contributed by atoms with Crippen molar-refractivity contribution in [1.82, 2.24) is 9.97 Å². The first kappa shape index (κ1) is 25.1. The van der Waals surface area contributed by atoms with Gasteiger partial charge in [0, 0.05) is 34.0 Å². The first-order valence-electron chi connectivity index (χ1n) is 13.1. The number of fused-ring (bicyclic) bond motifs is 3. The Bertz CT molecular complexity index is 2180. The topological polar surface area (TPSA) is 93.7 Å². The zero-order chi connectivity index (χ0) is 28.6. The van der Waals surface area contributed by atoms with Crippen molar-refractivity contribution in [3.8, 4) is 12.1 Å². The molecule has 0 fully saturated rings. The van der Waals surface area contributed by atoms with Crippen LogP contribution < -0.4 is 4.90 Å². The molecule has 0 aliphatic heterocycles. The molecule has 6 aromatic rings. The summed E-state index contributed by atoms with van der Waals surface area (Å²) >= 11 is 1.46. The van der Waals surface area contributed by atoms with E-state index >= 15 is 0 Å². The van der Waals surface area contributed by atoms with E-state index < -0.39 is 0 Å². The van der Waals surface area contributed by atoms with Gasteiger partial charge in [-0.3, -0.25) is 9.69 Å². The van der Waals surface area contributed by atoms with Crippen LogP contribution in [-0.4, -0.2) is 15.8 Å². The van der Waals surface area contributed by atoms with E-state index in [1.54, 1.807) is 24.5 Å². The summed E-state index contributed by atoms with van der Waals surface area (Å²) in [4.78, 5) is 25.6. The van der Waals surface area contributed by atoms with Crippen LogP contribution in [0, 0.1) is 22.7 Å². The quantitative estimate of drug-likeness (QED) is 0.160. The molecule has 0 unspecified atom stereocenters. The summed E-state index contributed by atoms with van der Waals surface area (Å²) in [5.74, 6) is 0.309. The van der Waals surface area contributed by atoms with E-state index in [0.717, 1.165) is 37.1 Å². The van der Waals surface area contributed by atoms with E-state index in [0.29, 0.717) is 28.2 Å². The summed E-state index contributed by atoms with van der Waals surface area (Å²) in [7, 11) is 0. The Hall–Kier alpha value is -5.89. The molecule has 1 aliphatic carbocycles. The van der Waals surface area contributed by atoms with E-state index in [4.69, 9.17) is 0 Å². The van der Waals surface area contributed by atoms with Crippen molar-refractivity contribution in [2.24, 2.45) is 0 Å². The number of Topliss-reactive ketones (excluding diaryl/α,β-unsaturated/α-hetero) is 1. The molecule has 2 aromatic heterocycles. The van der Waals surface area contributed by atoms with Gasteiger partial charge in [0.15, 0.2) is 5.78 Å². The van der Waals surface area contributed by atoms with Crippen LogP contribution in [0.15, 0.2) is 121 Å². The minimum Gasteiger partial charge on any atom is -0.289 e. The summed E-state index contributed by atoms with van der Waals surface area (Å²) < 4.78 is 0. The highest BCUT2D eigenvalue weighted by Gasteiger charge is 2.33. The summed E-state index contributed by atoms with van der Waals surface area (Å²) in [5, 5.41) is 24.6. The fraction of sp³-hybridized carbons (Fsp3) is 0. The summed E-state index contributed by atoms with van der Waals surface area (Å²) in [5.41, 5.74) is 2.61. The van der Waals surface area contributed by atoms with Gasteiger partial charge in [0.2, 0.25) is 5.95 Å². The molecule has 0 saturated heterocycles. The average Bonchev–Trinajstić information content (AvgIpc) is 3.60.